The van der Waals surface area contributed by atoms with Gasteiger partial charge in [0.05, 0.1) is 12.6 Å². The average Bonchev–Trinajstić information content (AvgIpc) is 2.28. The number of pyridine rings is 1. The number of aryl methyl sites for hydroxylation is 1. The fraction of sp³-hybridized carbons (Fsp3) is 0.167. The summed E-state index contributed by atoms with van der Waals surface area (Å²) in [7, 11) is 1.35. The number of methoxy groups -OCH3 is 1. The highest BCUT2D eigenvalue weighted by molar-refractivity contribution is 9.10. The SMILES string of the molecule is COC(=O)c1cc(C)c2cc(Br)ccc2n1. The van der Waals surface area contributed by atoms with Gasteiger partial charge in [-0.05, 0) is 36.8 Å². The normalized spacial score (nSPS) is 10.4. The molecule has 0 fully saturated rings. The first-order chi connectivity index (χ1) is 7.61. The summed E-state index contributed by atoms with van der Waals surface area (Å²) in [5.41, 5.74) is 2.14. The Bertz CT molecular complexity index is 566. The summed E-state index contributed by atoms with van der Waals surface area (Å²) in [4.78, 5) is 15.6. The second kappa shape index (κ2) is 4.22. The summed E-state index contributed by atoms with van der Waals surface area (Å²) in [6, 6.07) is 7.49. The van der Waals surface area contributed by atoms with Gasteiger partial charge in [0.2, 0.25) is 0 Å². The molecule has 16 heavy (non-hydrogen) atoms. The number of rotatable bonds is 1. The molecule has 0 atom stereocenters. The topological polar surface area (TPSA) is 39.2 Å². The van der Waals surface area contributed by atoms with Crippen molar-refractivity contribution in [1.29, 1.82) is 0 Å². The Labute approximate surface area is 102 Å². The first-order valence-electron chi connectivity index (χ1n) is 4.77. The molecule has 0 amide bonds. The van der Waals surface area contributed by atoms with Crippen molar-refractivity contribution in [2.45, 2.75) is 6.92 Å². The second-order valence-electron chi connectivity index (χ2n) is 3.48. The molecule has 0 radical (unpaired) electrons. The fourth-order valence-electron chi connectivity index (χ4n) is 1.58. The van der Waals surface area contributed by atoms with Gasteiger partial charge in [-0.1, -0.05) is 15.9 Å². The lowest BCUT2D eigenvalue weighted by Crippen LogP contribution is -2.04. The number of nitrogens with zero attached hydrogens (tertiary/aromatic N) is 1. The largest absolute Gasteiger partial charge is 0.464 e. The van der Waals surface area contributed by atoms with E-state index in [9.17, 15) is 4.79 Å². The van der Waals surface area contributed by atoms with E-state index in [1.807, 2.05) is 25.1 Å². The van der Waals surface area contributed by atoms with Gasteiger partial charge in [-0.15, -0.1) is 0 Å². The van der Waals surface area contributed by atoms with E-state index < -0.39 is 5.97 Å². The Morgan fingerprint density at radius 1 is 1.38 bits per heavy atom. The van der Waals surface area contributed by atoms with Gasteiger partial charge in [-0.2, -0.15) is 0 Å². The molecule has 82 valence electrons. The maximum absolute atomic E-state index is 11.4. The first kappa shape index (κ1) is 11.1. The van der Waals surface area contributed by atoms with Crippen molar-refractivity contribution in [1.82, 2.24) is 4.98 Å². The number of halogens is 1. The molecule has 2 rings (SSSR count). The summed E-state index contributed by atoms with van der Waals surface area (Å²) in [5, 5.41) is 1.03. The van der Waals surface area contributed by atoms with Crippen molar-refractivity contribution in [3.8, 4) is 0 Å². The highest BCUT2D eigenvalue weighted by Gasteiger charge is 2.10. The summed E-state index contributed by atoms with van der Waals surface area (Å²) in [6.45, 7) is 1.95. The van der Waals surface area contributed by atoms with Crippen LogP contribution in [0.25, 0.3) is 10.9 Å². The molecule has 0 aliphatic heterocycles. The van der Waals surface area contributed by atoms with Gasteiger partial charge in [-0.3, -0.25) is 0 Å². The molecule has 0 N–H and O–H groups in total. The minimum atomic E-state index is -0.409. The summed E-state index contributed by atoms with van der Waals surface area (Å²) >= 11 is 3.41. The van der Waals surface area contributed by atoms with Crippen LogP contribution in [0.5, 0.6) is 0 Å². The molecule has 1 aromatic carbocycles. The van der Waals surface area contributed by atoms with Crippen molar-refractivity contribution in [2.75, 3.05) is 7.11 Å². The Hall–Kier alpha value is -1.42. The lowest BCUT2D eigenvalue weighted by atomic mass is 10.1. The number of esters is 1. The zero-order valence-electron chi connectivity index (χ0n) is 8.95. The number of benzene rings is 1. The summed E-state index contributed by atoms with van der Waals surface area (Å²) in [6.07, 6.45) is 0. The van der Waals surface area contributed by atoms with Crippen LogP contribution in [-0.4, -0.2) is 18.1 Å². The monoisotopic (exact) mass is 279 g/mol. The van der Waals surface area contributed by atoms with E-state index in [-0.39, 0.29) is 0 Å². The zero-order chi connectivity index (χ0) is 11.7. The molecular weight excluding hydrogens is 270 g/mol. The summed E-state index contributed by atoms with van der Waals surface area (Å²) < 4.78 is 5.65. The van der Waals surface area contributed by atoms with Crippen LogP contribution in [-0.2, 0) is 4.74 Å². The van der Waals surface area contributed by atoms with Gasteiger partial charge in [0.15, 0.2) is 0 Å². The fourth-order valence-corrected chi connectivity index (χ4v) is 1.94. The smallest absolute Gasteiger partial charge is 0.356 e. The van der Waals surface area contributed by atoms with Crippen LogP contribution in [0.3, 0.4) is 0 Å². The molecule has 2 aromatic rings. The molecule has 1 aromatic heterocycles. The number of hydrogen-bond donors (Lipinski definition) is 0. The Morgan fingerprint density at radius 3 is 2.81 bits per heavy atom. The number of hydrogen-bond acceptors (Lipinski definition) is 3. The molecule has 0 saturated carbocycles. The summed E-state index contributed by atoms with van der Waals surface area (Å²) in [5.74, 6) is -0.409. The van der Waals surface area contributed by atoms with Gasteiger partial charge in [0.1, 0.15) is 5.69 Å². The van der Waals surface area contributed by atoms with Crippen molar-refractivity contribution in [3.05, 3.63) is 40.0 Å². The second-order valence-corrected chi connectivity index (χ2v) is 4.39. The standard InChI is InChI=1S/C12H10BrNO2/c1-7-5-11(12(15)16-2)14-10-4-3-8(13)6-9(7)10/h3-6H,1-2H3. The minimum absolute atomic E-state index is 0.342. The Morgan fingerprint density at radius 2 is 2.12 bits per heavy atom. The van der Waals surface area contributed by atoms with E-state index in [1.165, 1.54) is 7.11 Å². The van der Waals surface area contributed by atoms with Gasteiger partial charge in [-0.25, -0.2) is 9.78 Å². The van der Waals surface area contributed by atoms with E-state index in [0.717, 1.165) is 20.9 Å². The molecule has 0 bridgehead atoms. The molecule has 1 heterocycles. The quantitative estimate of drug-likeness (QED) is 0.753. The maximum Gasteiger partial charge on any atom is 0.356 e. The highest BCUT2D eigenvalue weighted by Crippen LogP contribution is 2.22. The third-order valence-corrected chi connectivity index (χ3v) is 2.87. The molecule has 0 aliphatic rings. The molecule has 4 heteroatoms. The average molecular weight is 280 g/mol. The Balaban J connectivity index is 2.68. The molecular formula is C12H10BrNO2. The van der Waals surface area contributed by atoms with Crippen LogP contribution in [0.15, 0.2) is 28.7 Å². The van der Waals surface area contributed by atoms with Gasteiger partial charge >= 0.3 is 5.97 Å². The molecule has 0 saturated heterocycles. The maximum atomic E-state index is 11.4. The number of ether oxygens (including phenoxy) is 1. The van der Waals surface area contributed by atoms with Gasteiger partial charge in [0, 0.05) is 9.86 Å². The van der Waals surface area contributed by atoms with E-state index in [2.05, 4.69) is 25.7 Å². The third kappa shape index (κ3) is 1.93. The van der Waals surface area contributed by atoms with Crippen molar-refractivity contribution in [3.63, 3.8) is 0 Å². The van der Waals surface area contributed by atoms with Crippen LogP contribution in [0.4, 0.5) is 0 Å². The van der Waals surface area contributed by atoms with E-state index >= 15 is 0 Å². The van der Waals surface area contributed by atoms with Gasteiger partial charge < -0.3 is 4.74 Å². The third-order valence-electron chi connectivity index (χ3n) is 2.37. The van der Waals surface area contributed by atoms with Crippen molar-refractivity contribution >= 4 is 32.8 Å². The van der Waals surface area contributed by atoms with Crippen LogP contribution in [0.1, 0.15) is 16.1 Å². The molecule has 3 nitrogen and oxygen atoms in total. The number of carbonyl (C=O) groups excluding carboxylic acids is 1. The Kier molecular flexibility index (Phi) is 2.92. The number of carbonyl (C=O) groups is 1. The van der Waals surface area contributed by atoms with Crippen LogP contribution in [0.2, 0.25) is 0 Å². The van der Waals surface area contributed by atoms with Crippen molar-refractivity contribution in [2.24, 2.45) is 0 Å². The lowest BCUT2D eigenvalue weighted by Gasteiger charge is -2.05. The first-order valence-corrected chi connectivity index (χ1v) is 5.56. The molecule has 0 aliphatic carbocycles. The predicted molar refractivity (Wildman–Crippen MR) is 65.5 cm³/mol. The van der Waals surface area contributed by atoms with E-state index in [0.29, 0.717) is 5.69 Å². The van der Waals surface area contributed by atoms with Crippen molar-refractivity contribution < 1.29 is 9.53 Å². The van der Waals surface area contributed by atoms with E-state index in [1.54, 1.807) is 6.07 Å². The predicted octanol–water partition coefficient (Wildman–Crippen LogP) is 3.09. The van der Waals surface area contributed by atoms with E-state index in [4.69, 9.17) is 0 Å². The highest BCUT2D eigenvalue weighted by atomic mass is 79.9. The van der Waals surface area contributed by atoms with Gasteiger partial charge in [0.25, 0.3) is 0 Å². The van der Waals surface area contributed by atoms with Crippen LogP contribution >= 0.6 is 15.9 Å². The number of aromatic nitrogens is 1. The van der Waals surface area contributed by atoms with Crippen LogP contribution in [0, 0.1) is 6.92 Å². The minimum Gasteiger partial charge on any atom is -0.464 e. The van der Waals surface area contributed by atoms with Crippen LogP contribution < -0.4 is 0 Å². The molecule has 0 spiro atoms. The lowest BCUT2D eigenvalue weighted by molar-refractivity contribution is 0.0594. The number of fused-ring (bicyclic) bond motifs is 1. The zero-order valence-corrected chi connectivity index (χ0v) is 10.5. The molecule has 0 unspecified atom stereocenters.